The highest BCUT2D eigenvalue weighted by Gasteiger charge is 2.11. The molecule has 24 heavy (non-hydrogen) atoms. The zero-order valence-corrected chi connectivity index (χ0v) is 13.6. The Balaban J connectivity index is 1.75. The number of hydrogen-bond donors (Lipinski definition) is 1. The van der Waals surface area contributed by atoms with Gasteiger partial charge in [0.05, 0.1) is 23.3 Å². The highest BCUT2D eigenvalue weighted by molar-refractivity contribution is 5.81. The number of pyridine rings is 1. The summed E-state index contributed by atoms with van der Waals surface area (Å²) in [5.74, 6) is 0.799. The molecule has 0 saturated carbocycles. The molecule has 0 aliphatic heterocycles. The zero-order chi connectivity index (χ0) is 16.8. The van der Waals surface area contributed by atoms with Gasteiger partial charge in [-0.05, 0) is 42.8 Å². The molecule has 0 radical (unpaired) electrons. The Bertz CT molecular complexity index is 856. The lowest BCUT2D eigenvalue weighted by molar-refractivity contribution is 0.0718. The average Bonchev–Trinajstić information content (AvgIpc) is 2.65. The van der Waals surface area contributed by atoms with Gasteiger partial charge in [0.25, 0.3) is 0 Å². The van der Waals surface area contributed by atoms with Crippen LogP contribution >= 0.6 is 0 Å². The van der Waals surface area contributed by atoms with Crippen molar-refractivity contribution in [1.82, 2.24) is 4.98 Å². The van der Waals surface area contributed by atoms with E-state index in [4.69, 9.17) is 10.00 Å². The van der Waals surface area contributed by atoms with Crippen LogP contribution in [0, 0.1) is 11.3 Å². The van der Waals surface area contributed by atoms with Crippen LogP contribution in [0.5, 0.6) is 0 Å². The molecule has 120 valence electrons. The third-order valence-corrected chi connectivity index (χ3v) is 3.83. The van der Waals surface area contributed by atoms with Gasteiger partial charge in [-0.15, -0.1) is 0 Å². The van der Waals surface area contributed by atoms with Gasteiger partial charge in [0, 0.05) is 18.5 Å². The lowest BCUT2D eigenvalue weighted by Crippen LogP contribution is -2.16. The monoisotopic (exact) mass is 317 g/mol. The minimum atomic E-state index is -0.0188. The van der Waals surface area contributed by atoms with Crippen molar-refractivity contribution >= 4 is 16.7 Å². The molecule has 4 nitrogen and oxygen atoms in total. The van der Waals surface area contributed by atoms with Crippen molar-refractivity contribution in [2.24, 2.45) is 0 Å². The molecule has 0 amide bonds. The van der Waals surface area contributed by atoms with E-state index < -0.39 is 0 Å². The second-order valence-corrected chi connectivity index (χ2v) is 5.45. The van der Waals surface area contributed by atoms with E-state index in [-0.39, 0.29) is 6.10 Å². The first-order chi connectivity index (χ1) is 11.8. The molecule has 0 fully saturated rings. The van der Waals surface area contributed by atoms with Gasteiger partial charge < -0.3 is 10.1 Å². The van der Waals surface area contributed by atoms with E-state index in [9.17, 15) is 0 Å². The first-order valence-electron chi connectivity index (χ1n) is 8.01. The van der Waals surface area contributed by atoms with Gasteiger partial charge >= 0.3 is 0 Å². The second kappa shape index (κ2) is 7.58. The molecule has 0 aliphatic carbocycles. The number of aromatic nitrogens is 1. The summed E-state index contributed by atoms with van der Waals surface area (Å²) in [7, 11) is 0. The van der Waals surface area contributed by atoms with Crippen molar-refractivity contribution in [1.29, 1.82) is 5.26 Å². The van der Waals surface area contributed by atoms with E-state index in [1.165, 1.54) is 0 Å². The fourth-order valence-electron chi connectivity index (χ4n) is 2.63. The molecule has 3 rings (SSSR count). The van der Waals surface area contributed by atoms with E-state index in [1.54, 1.807) is 6.07 Å². The Labute approximate surface area is 141 Å². The third kappa shape index (κ3) is 3.70. The van der Waals surface area contributed by atoms with Gasteiger partial charge in [-0.3, -0.25) is 0 Å². The largest absolute Gasteiger partial charge is 0.372 e. The van der Waals surface area contributed by atoms with Crippen molar-refractivity contribution in [2.45, 2.75) is 13.0 Å². The predicted molar refractivity (Wildman–Crippen MR) is 95.8 cm³/mol. The van der Waals surface area contributed by atoms with Gasteiger partial charge in [0.1, 0.15) is 5.82 Å². The molecule has 1 N–H and O–H groups in total. The van der Waals surface area contributed by atoms with E-state index >= 15 is 0 Å². The summed E-state index contributed by atoms with van der Waals surface area (Å²) in [5, 5.41) is 13.3. The molecule has 1 atom stereocenters. The Kier molecular flexibility index (Phi) is 5.05. The molecular formula is C20H19N3O. The lowest BCUT2D eigenvalue weighted by Gasteiger charge is -2.18. The summed E-state index contributed by atoms with van der Waals surface area (Å²) < 4.78 is 5.84. The Morgan fingerprint density at radius 2 is 1.96 bits per heavy atom. The van der Waals surface area contributed by atoms with Crippen molar-refractivity contribution in [2.75, 3.05) is 18.5 Å². The number of fused-ring (bicyclic) bond motifs is 1. The van der Waals surface area contributed by atoms with E-state index in [0.717, 1.165) is 22.3 Å². The number of rotatable bonds is 6. The number of nitriles is 1. The van der Waals surface area contributed by atoms with Crippen LogP contribution in [0.3, 0.4) is 0 Å². The Morgan fingerprint density at radius 1 is 1.12 bits per heavy atom. The standard InChI is InChI=1S/C20H19N3O/c1-2-24-19(16-6-4-3-5-7-16)14-22-20-11-9-17-12-15(13-21)8-10-18(17)23-20/h3-12,19H,2,14H2,1H3,(H,22,23). The molecule has 2 aromatic carbocycles. The summed E-state index contributed by atoms with van der Waals surface area (Å²) in [4.78, 5) is 4.60. The number of benzene rings is 2. The molecule has 3 aromatic rings. The molecule has 0 aliphatic rings. The number of ether oxygens (including phenoxy) is 1. The maximum absolute atomic E-state index is 8.96. The van der Waals surface area contributed by atoms with Gasteiger partial charge in [0.2, 0.25) is 0 Å². The van der Waals surface area contributed by atoms with Crippen LogP contribution in [0.25, 0.3) is 10.9 Å². The third-order valence-electron chi connectivity index (χ3n) is 3.83. The number of hydrogen-bond acceptors (Lipinski definition) is 4. The first-order valence-corrected chi connectivity index (χ1v) is 8.01. The lowest BCUT2D eigenvalue weighted by atomic mass is 10.1. The minimum Gasteiger partial charge on any atom is -0.372 e. The van der Waals surface area contributed by atoms with Gasteiger partial charge in [-0.2, -0.15) is 5.26 Å². The summed E-state index contributed by atoms with van der Waals surface area (Å²) in [6.07, 6.45) is -0.0188. The van der Waals surface area contributed by atoms with Crippen LogP contribution in [-0.4, -0.2) is 18.1 Å². The van der Waals surface area contributed by atoms with E-state index in [2.05, 4.69) is 28.5 Å². The molecule has 0 bridgehead atoms. The predicted octanol–water partition coefficient (Wildman–Crippen LogP) is 4.30. The molecule has 0 spiro atoms. The molecule has 0 saturated heterocycles. The quantitative estimate of drug-likeness (QED) is 0.736. The Morgan fingerprint density at radius 3 is 2.71 bits per heavy atom. The maximum Gasteiger partial charge on any atom is 0.126 e. The summed E-state index contributed by atoms with van der Waals surface area (Å²) >= 11 is 0. The van der Waals surface area contributed by atoms with Gasteiger partial charge in [0.15, 0.2) is 0 Å². The van der Waals surface area contributed by atoms with Crippen LogP contribution in [0.4, 0.5) is 5.82 Å². The number of nitrogens with zero attached hydrogens (tertiary/aromatic N) is 2. The molecule has 1 aromatic heterocycles. The second-order valence-electron chi connectivity index (χ2n) is 5.45. The van der Waals surface area contributed by atoms with Crippen molar-refractivity contribution < 1.29 is 4.74 Å². The van der Waals surface area contributed by atoms with Crippen LogP contribution in [0.2, 0.25) is 0 Å². The van der Waals surface area contributed by atoms with Crippen molar-refractivity contribution in [3.8, 4) is 6.07 Å². The van der Waals surface area contributed by atoms with Crippen LogP contribution < -0.4 is 5.32 Å². The summed E-state index contributed by atoms with van der Waals surface area (Å²) in [6.45, 7) is 3.30. The van der Waals surface area contributed by atoms with Crippen LogP contribution in [-0.2, 0) is 4.74 Å². The first kappa shape index (κ1) is 16.0. The van der Waals surface area contributed by atoms with Gasteiger partial charge in [-0.25, -0.2) is 4.98 Å². The van der Waals surface area contributed by atoms with Crippen molar-refractivity contribution in [3.63, 3.8) is 0 Å². The highest BCUT2D eigenvalue weighted by atomic mass is 16.5. The number of anilines is 1. The smallest absolute Gasteiger partial charge is 0.126 e. The topological polar surface area (TPSA) is 57.9 Å². The zero-order valence-electron chi connectivity index (χ0n) is 13.6. The van der Waals surface area contributed by atoms with Crippen molar-refractivity contribution in [3.05, 3.63) is 71.8 Å². The molecule has 1 unspecified atom stereocenters. The highest BCUT2D eigenvalue weighted by Crippen LogP contribution is 2.20. The van der Waals surface area contributed by atoms with Gasteiger partial charge in [-0.1, -0.05) is 30.3 Å². The maximum atomic E-state index is 8.96. The normalized spacial score (nSPS) is 11.8. The average molecular weight is 317 g/mol. The molecule has 4 heteroatoms. The summed E-state index contributed by atoms with van der Waals surface area (Å²) in [5.41, 5.74) is 2.66. The van der Waals surface area contributed by atoms with E-state index in [0.29, 0.717) is 18.7 Å². The fourth-order valence-corrected chi connectivity index (χ4v) is 2.63. The van der Waals surface area contributed by atoms with Crippen LogP contribution in [0.15, 0.2) is 60.7 Å². The number of nitrogens with one attached hydrogen (secondary N) is 1. The molecular weight excluding hydrogens is 298 g/mol. The minimum absolute atomic E-state index is 0.0188. The SMILES string of the molecule is CCOC(CNc1ccc2cc(C#N)ccc2n1)c1ccccc1. The van der Waals surface area contributed by atoms with Crippen LogP contribution in [0.1, 0.15) is 24.2 Å². The molecule has 1 heterocycles. The Hall–Kier alpha value is -2.90. The fraction of sp³-hybridized carbons (Fsp3) is 0.200. The summed E-state index contributed by atoms with van der Waals surface area (Å²) in [6, 6.07) is 21.7. The van der Waals surface area contributed by atoms with E-state index in [1.807, 2.05) is 49.4 Å².